The minimum atomic E-state index is 0.00824. The van der Waals surface area contributed by atoms with Gasteiger partial charge in [0.05, 0.1) is 14.2 Å². The first-order chi connectivity index (χ1) is 14.2. The molecule has 3 rings (SSSR count). The fourth-order valence-electron chi connectivity index (χ4n) is 3.73. The third kappa shape index (κ3) is 5.13. The van der Waals surface area contributed by atoms with Crippen LogP contribution in [0.3, 0.4) is 0 Å². The highest BCUT2D eigenvalue weighted by Gasteiger charge is 2.22. The van der Waals surface area contributed by atoms with Crippen LogP contribution in [0.4, 0.5) is 10.5 Å². The Morgan fingerprint density at radius 2 is 1.72 bits per heavy atom. The number of anilines is 1. The highest BCUT2D eigenvalue weighted by atomic mass is 16.5. The van der Waals surface area contributed by atoms with Gasteiger partial charge in [-0.2, -0.15) is 0 Å². The van der Waals surface area contributed by atoms with E-state index in [4.69, 9.17) is 9.47 Å². The van der Waals surface area contributed by atoms with Crippen LogP contribution in [0.15, 0.2) is 42.5 Å². The Morgan fingerprint density at radius 1 is 1.00 bits per heavy atom. The summed E-state index contributed by atoms with van der Waals surface area (Å²) in [4.78, 5) is 16.8. The van der Waals surface area contributed by atoms with E-state index in [-0.39, 0.29) is 6.03 Å². The Morgan fingerprint density at radius 3 is 2.41 bits per heavy atom. The molecule has 1 heterocycles. The number of nitrogens with zero attached hydrogens (tertiary/aromatic N) is 2. The summed E-state index contributed by atoms with van der Waals surface area (Å²) in [7, 11) is 3.25. The molecule has 29 heavy (non-hydrogen) atoms. The largest absolute Gasteiger partial charge is 0.493 e. The second-order valence-corrected chi connectivity index (χ2v) is 7.13. The molecule has 0 aliphatic carbocycles. The average Bonchev–Trinajstić information content (AvgIpc) is 2.78. The zero-order valence-corrected chi connectivity index (χ0v) is 17.6. The molecular formula is C23H31N3O3. The average molecular weight is 398 g/mol. The molecule has 2 aromatic rings. The summed E-state index contributed by atoms with van der Waals surface area (Å²) in [6.45, 7) is 5.97. The van der Waals surface area contributed by atoms with E-state index in [1.165, 1.54) is 11.3 Å². The first-order valence-electron chi connectivity index (χ1n) is 10.2. The molecule has 0 saturated carbocycles. The molecule has 6 nitrogen and oxygen atoms in total. The monoisotopic (exact) mass is 397 g/mol. The summed E-state index contributed by atoms with van der Waals surface area (Å²) in [5.41, 5.74) is 3.76. The van der Waals surface area contributed by atoms with E-state index in [1.807, 2.05) is 23.1 Å². The molecule has 0 unspecified atom stereocenters. The molecule has 1 saturated heterocycles. The third-order valence-corrected chi connectivity index (χ3v) is 5.42. The van der Waals surface area contributed by atoms with Gasteiger partial charge >= 0.3 is 6.03 Å². The number of hydrogen-bond acceptors (Lipinski definition) is 4. The van der Waals surface area contributed by atoms with E-state index >= 15 is 0 Å². The van der Waals surface area contributed by atoms with Crippen molar-refractivity contribution in [2.24, 2.45) is 0 Å². The number of ether oxygens (including phenoxy) is 2. The van der Waals surface area contributed by atoms with Crippen LogP contribution >= 0.6 is 0 Å². The van der Waals surface area contributed by atoms with Crippen molar-refractivity contribution in [3.63, 3.8) is 0 Å². The number of benzene rings is 2. The van der Waals surface area contributed by atoms with Gasteiger partial charge in [-0.1, -0.05) is 31.2 Å². The fraction of sp³-hybridized carbons (Fsp3) is 0.435. The van der Waals surface area contributed by atoms with Gasteiger partial charge in [0.15, 0.2) is 11.5 Å². The van der Waals surface area contributed by atoms with Crippen LogP contribution in [0.5, 0.6) is 11.5 Å². The Labute approximate surface area is 173 Å². The van der Waals surface area contributed by atoms with Gasteiger partial charge in [0.25, 0.3) is 0 Å². The number of urea groups is 1. The maximum absolute atomic E-state index is 12.5. The third-order valence-electron chi connectivity index (χ3n) is 5.42. The van der Waals surface area contributed by atoms with Gasteiger partial charge in [-0.15, -0.1) is 0 Å². The normalized spacial score (nSPS) is 13.9. The first kappa shape index (κ1) is 20.8. The number of amides is 2. The van der Waals surface area contributed by atoms with Crippen molar-refractivity contribution in [1.29, 1.82) is 0 Å². The minimum Gasteiger partial charge on any atom is -0.493 e. The lowest BCUT2D eigenvalue weighted by Crippen LogP contribution is -2.52. The van der Waals surface area contributed by atoms with Crippen molar-refractivity contribution < 1.29 is 14.3 Å². The standard InChI is InChI=1S/C23H31N3O3/c1-4-19-7-5-6-8-20(19)25-13-15-26(16-14-25)23(27)24-12-11-18-9-10-21(28-2)22(17-18)29-3/h5-10,17H,4,11-16H2,1-3H3,(H,24,27). The van der Waals surface area contributed by atoms with E-state index < -0.39 is 0 Å². The number of carbonyl (C=O) groups excluding carboxylic acids is 1. The Bertz CT molecular complexity index is 817. The van der Waals surface area contributed by atoms with E-state index in [0.29, 0.717) is 18.0 Å². The van der Waals surface area contributed by atoms with Crippen molar-refractivity contribution >= 4 is 11.7 Å². The van der Waals surface area contributed by atoms with Crippen molar-refractivity contribution in [3.05, 3.63) is 53.6 Å². The number of piperazine rings is 1. The smallest absolute Gasteiger partial charge is 0.317 e. The van der Waals surface area contributed by atoms with E-state index in [0.717, 1.165) is 44.6 Å². The molecule has 0 spiro atoms. The number of carbonyl (C=O) groups is 1. The molecule has 1 aliphatic rings. The summed E-state index contributed by atoms with van der Waals surface area (Å²) >= 11 is 0. The summed E-state index contributed by atoms with van der Waals surface area (Å²) in [5.74, 6) is 1.42. The van der Waals surface area contributed by atoms with Crippen LogP contribution in [0, 0.1) is 0 Å². The Balaban J connectivity index is 1.47. The van der Waals surface area contributed by atoms with Crippen LogP contribution < -0.4 is 19.7 Å². The number of methoxy groups -OCH3 is 2. The first-order valence-corrected chi connectivity index (χ1v) is 10.2. The van der Waals surface area contributed by atoms with Crippen molar-refractivity contribution in [2.45, 2.75) is 19.8 Å². The molecule has 2 aromatic carbocycles. The summed E-state index contributed by atoms with van der Waals surface area (Å²) in [6.07, 6.45) is 1.77. The summed E-state index contributed by atoms with van der Waals surface area (Å²) in [6, 6.07) is 14.4. The SMILES string of the molecule is CCc1ccccc1N1CCN(C(=O)NCCc2ccc(OC)c(OC)c2)CC1. The zero-order chi connectivity index (χ0) is 20.6. The van der Waals surface area contributed by atoms with E-state index in [1.54, 1.807) is 14.2 Å². The van der Waals surface area contributed by atoms with Crippen LogP contribution in [-0.2, 0) is 12.8 Å². The van der Waals surface area contributed by atoms with Gasteiger partial charge in [0, 0.05) is 38.4 Å². The summed E-state index contributed by atoms with van der Waals surface area (Å²) < 4.78 is 10.6. The summed E-state index contributed by atoms with van der Waals surface area (Å²) in [5, 5.41) is 3.04. The molecule has 0 aromatic heterocycles. The van der Waals surface area contributed by atoms with E-state index in [9.17, 15) is 4.79 Å². The Hall–Kier alpha value is -2.89. The predicted molar refractivity (Wildman–Crippen MR) is 116 cm³/mol. The zero-order valence-electron chi connectivity index (χ0n) is 17.6. The number of rotatable bonds is 7. The molecule has 1 fully saturated rings. The minimum absolute atomic E-state index is 0.00824. The lowest BCUT2D eigenvalue weighted by atomic mass is 10.1. The fourth-order valence-corrected chi connectivity index (χ4v) is 3.73. The second kappa shape index (κ2) is 10.0. The van der Waals surface area contributed by atoms with Crippen molar-refractivity contribution in [1.82, 2.24) is 10.2 Å². The van der Waals surface area contributed by atoms with Crippen LogP contribution in [0.25, 0.3) is 0 Å². The van der Waals surface area contributed by atoms with Crippen LogP contribution in [0.1, 0.15) is 18.1 Å². The maximum atomic E-state index is 12.5. The van der Waals surface area contributed by atoms with Crippen LogP contribution in [-0.4, -0.2) is 57.9 Å². The van der Waals surface area contributed by atoms with E-state index in [2.05, 4.69) is 41.4 Å². The molecule has 1 N–H and O–H groups in total. The molecule has 156 valence electrons. The molecule has 1 aliphatic heterocycles. The van der Waals surface area contributed by atoms with Gasteiger partial charge in [0.2, 0.25) is 0 Å². The molecule has 0 atom stereocenters. The quantitative estimate of drug-likeness (QED) is 0.779. The maximum Gasteiger partial charge on any atom is 0.317 e. The lowest BCUT2D eigenvalue weighted by Gasteiger charge is -2.37. The number of nitrogens with one attached hydrogen (secondary N) is 1. The second-order valence-electron chi connectivity index (χ2n) is 7.13. The molecule has 6 heteroatoms. The van der Waals surface area contributed by atoms with Crippen molar-refractivity contribution in [3.8, 4) is 11.5 Å². The van der Waals surface area contributed by atoms with Crippen molar-refractivity contribution in [2.75, 3.05) is 51.8 Å². The number of para-hydroxylation sites is 1. The van der Waals surface area contributed by atoms with Crippen LogP contribution in [0.2, 0.25) is 0 Å². The van der Waals surface area contributed by atoms with Gasteiger partial charge in [-0.05, 0) is 42.2 Å². The lowest BCUT2D eigenvalue weighted by molar-refractivity contribution is 0.194. The number of hydrogen-bond donors (Lipinski definition) is 1. The molecule has 0 bridgehead atoms. The molecule has 0 radical (unpaired) electrons. The highest BCUT2D eigenvalue weighted by molar-refractivity contribution is 5.74. The Kier molecular flexibility index (Phi) is 7.22. The van der Waals surface area contributed by atoms with Gasteiger partial charge < -0.3 is 24.6 Å². The predicted octanol–water partition coefficient (Wildman–Crippen LogP) is 3.34. The van der Waals surface area contributed by atoms with Gasteiger partial charge in [-0.25, -0.2) is 4.79 Å². The molecule has 2 amide bonds. The van der Waals surface area contributed by atoms with Gasteiger partial charge in [-0.3, -0.25) is 0 Å². The van der Waals surface area contributed by atoms with Gasteiger partial charge in [0.1, 0.15) is 0 Å². The number of aryl methyl sites for hydroxylation is 1. The highest BCUT2D eigenvalue weighted by Crippen LogP contribution is 2.27. The topological polar surface area (TPSA) is 54.0 Å². The molecular weight excluding hydrogens is 366 g/mol.